The Balaban J connectivity index is 2.53. The highest BCUT2D eigenvalue weighted by Crippen LogP contribution is 2.53. The topological polar surface area (TPSA) is 58.9 Å². The van der Waals surface area contributed by atoms with E-state index in [1.165, 1.54) is 0 Å². The molecule has 1 aliphatic carbocycles. The van der Waals surface area contributed by atoms with Gasteiger partial charge in [-0.1, -0.05) is 0 Å². The van der Waals surface area contributed by atoms with E-state index in [9.17, 15) is 9.90 Å². The van der Waals surface area contributed by atoms with E-state index in [0.717, 1.165) is 18.4 Å². The summed E-state index contributed by atoms with van der Waals surface area (Å²) in [6, 6.07) is 3.38. The highest BCUT2D eigenvalue weighted by molar-refractivity contribution is 5.52. The molecule has 1 aromatic carbocycles. The molecule has 0 spiro atoms. The number of isocyanates is 1. The second kappa shape index (κ2) is 3.65. The van der Waals surface area contributed by atoms with Crippen molar-refractivity contribution < 1.29 is 14.6 Å². The van der Waals surface area contributed by atoms with Crippen molar-refractivity contribution in [2.24, 2.45) is 4.99 Å². The Morgan fingerprint density at radius 1 is 1.50 bits per heavy atom. The Labute approximate surface area is 93.6 Å². The lowest BCUT2D eigenvalue weighted by molar-refractivity contribution is 0.405. The monoisotopic (exact) mass is 219 g/mol. The Morgan fingerprint density at radius 3 is 2.69 bits per heavy atom. The summed E-state index contributed by atoms with van der Waals surface area (Å²) in [5.41, 5.74) is 0.945. The second-order valence-corrected chi connectivity index (χ2v) is 4.07. The first kappa shape index (κ1) is 10.7. The van der Waals surface area contributed by atoms with Crippen LogP contribution in [0.3, 0.4) is 0 Å². The number of hydrogen-bond acceptors (Lipinski definition) is 4. The van der Waals surface area contributed by atoms with Gasteiger partial charge in [0.2, 0.25) is 6.08 Å². The van der Waals surface area contributed by atoms with Gasteiger partial charge in [-0.15, -0.1) is 0 Å². The fraction of sp³-hybridized carbons (Fsp3) is 0.417. The molecule has 0 amide bonds. The first-order valence-corrected chi connectivity index (χ1v) is 5.10. The van der Waals surface area contributed by atoms with Gasteiger partial charge < -0.3 is 9.84 Å². The summed E-state index contributed by atoms with van der Waals surface area (Å²) in [6.07, 6.45) is 3.10. The minimum Gasteiger partial charge on any atom is -0.508 e. The normalized spacial score (nSPS) is 16.4. The van der Waals surface area contributed by atoms with Crippen molar-refractivity contribution in [2.75, 3.05) is 7.11 Å². The zero-order valence-corrected chi connectivity index (χ0v) is 9.28. The maximum atomic E-state index is 10.4. The molecule has 1 aliphatic rings. The van der Waals surface area contributed by atoms with Crippen LogP contribution in [0.15, 0.2) is 17.1 Å². The van der Waals surface area contributed by atoms with Crippen molar-refractivity contribution >= 4 is 6.08 Å². The minimum atomic E-state index is -0.563. The van der Waals surface area contributed by atoms with Crippen molar-refractivity contribution in [3.63, 3.8) is 0 Å². The molecule has 0 bridgehead atoms. The summed E-state index contributed by atoms with van der Waals surface area (Å²) in [6.45, 7) is 1.85. The molecule has 16 heavy (non-hydrogen) atoms. The van der Waals surface area contributed by atoms with Crippen LogP contribution in [0.25, 0.3) is 0 Å². The maximum absolute atomic E-state index is 10.4. The highest BCUT2D eigenvalue weighted by atomic mass is 16.5. The lowest BCUT2D eigenvalue weighted by Gasteiger charge is -2.14. The number of phenolic OH excluding ortho intramolecular Hbond substituents is 1. The molecule has 1 saturated carbocycles. The molecule has 1 fully saturated rings. The fourth-order valence-corrected chi connectivity index (χ4v) is 1.91. The van der Waals surface area contributed by atoms with Crippen LogP contribution in [0.2, 0.25) is 0 Å². The molecule has 4 nitrogen and oxygen atoms in total. The van der Waals surface area contributed by atoms with Gasteiger partial charge in [0.15, 0.2) is 0 Å². The Bertz CT molecular complexity index is 471. The third-order valence-corrected chi connectivity index (χ3v) is 3.00. The van der Waals surface area contributed by atoms with Crippen LogP contribution in [0.5, 0.6) is 11.5 Å². The second-order valence-electron chi connectivity index (χ2n) is 4.07. The summed E-state index contributed by atoms with van der Waals surface area (Å²) in [5.74, 6) is 0.856. The number of aliphatic imine (C=N–C) groups is 1. The van der Waals surface area contributed by atoms with Crippen molar-refractivity contribution in [1.82, 2.24) is 0 Å². The van der Waals surface area contributed by atoms with Gasteiger partial charge in [0.25, 0.3) is 0 Å². The van der Waals surface area contributed by atoms with Crippen LogP contribution >= 0.6 is 0 Å². The molecule has 2 rings (SSSR count). The van der Waals surface area contributed by atoms with Gasteiger partial charge in [0.05, 0.1) is 7.11 Å². The predicted molar refractivity (Wildman–Crippen MR) is 58.4 cm³/mol. The summed E-state index contributed by atoms with van der Waals surface area (Å²) in [4.78, 5) is 14.1. The highest BCUT2D eigenvalue weighted by Gasteiger charge is 2.47. The van der Waals surface area contributed by atoms with Gasteiger partial charge in [0.1, 0.15) is 17.0 Å². The number of methoxy groups -OCH3 is 1. The number of aromatic hydroxyl groups is 1. The van der Waals surface area contributed by atoms with E-state index in [2.05, 4.69) is 4.99 Å². The number of hydrogen-bond donors (Lipinski definition) is 1. The average molecular weight is 219 g/mol. The SMILES string of the molecule is COc1cc(C2(N=C=O)CC2)c(O)cc1C. The van der Waals surface area contributed by atoms with Crippen molar-refractivity contribution in [3.8, 4) is 11.5 Å². The van der Waals surface area contributed by atoms with E-state index >= 15 is 0 Å². The standard InChI is InChI=1S/C12H13NO3/c1-8-5-10(15)9(6-11(8)16-2)12(3-4-12)13-7-14/h5-6,15H,3-4H2,1-2H3. The molecular weight excluding hydrogens is 206 g/mol. The van der Waals surface area contributed by atoms with Crippen LogP contribution in [-0.2, 0) is 10.3 Å². The Kier molecular flexibility index (Phi) is 2.44. The lowest BCUT2D eigenvalue weighted by Crippen LogP contribution is -2.04. The van der Waals surface area contributed by atoms with E-state index in [0.29, 0.717) is 11.3 Å². The number of ether oxygens (including phenoxy) is 1. The first-order chi connectivity index (χ1) is 7.63. The zero-order chi connectivity index (χ0) is 11.8. The van der Waals surface area contributed by atoms with Gasteiger partial charge in [0, 0.05) is 5.56 Å². The van der Waals surface area contributed by atoms with Gasteiger partial charge in [-0.25, -0.2) is 4.79 Å². The molecule has 0 aliphatic heterocycles. The predicted octanol–water partition coefficient (Wildman–Crippen LogP) is 2.03. The average Bonchev–Trinajstić information content (AvgIpc) is 2.99. The molecule has 84 valence electrons. The van der Waals surface area contributed by atoms with Crippen molar-refractivity contribution in [2.45, 2.75) is 25.3 Å². The summed E-state index contributed by atoms with van der Waals surface area (Å²) < 4.78 is 5.19. The van der Waals surface area contributed by atoms with E-state index in [1.54, 1.807) is 25.3 Å². The van der Waals surface area contributed by atoms with Crippen LogP contribution in [0.1, 0.15) is 24.0 Å². The molecule has 0 radical (unpaired) electrons. The van der Waals surface area contributed by atoms with Crippen molar-refractivity contribution in [1.29, 1.82) is 0 Å². The number of carbonyl (C=O) groups excluding carboxylic acids is 1. The van der Waals surface area contributed by atoms with Gasteiger partial charge >= 0.3 is 0 Å². The largest absolute Gasteiger partial charge is 0.508 e. The molecule has 0 heterocycles. The molecule has 1 aromatic rings. The van der Waals surface area contributed by atoms with Crippen molar-refractivity contribution in [3.05, 3.63) is 23.3 Å². The lowest BCUT2D eigenvalue weighted by atomic mass is 10.0. The van der Waals surface area contributed by atoms with E-state index in [1.807, 2.05) is 6.92 Å². The molecular formula is C12H13NO3. The number of phenols is 1. The quantitative estimate of drug-likeness (QED) is 0.625. The van der Waals surface area contributed by atoms with E-state index < -0.39 is 5.54 Å². The van der Waals surface area contributed by atoms with Gasteiger partial charge in [-0.05, 0) is 37.5 Å². The van der Waals surface area contributed by atoms with Gasteiger partial charge in [-0.3, -0.25) is 0 Å². The van der Waals surface area contributed by atoms with E-state index in [-0.39, 0.29) is 5.75 Å². The summed E-state index contributed by atoms with van der Waals surface area (Å²) in [7, 11) is 1.58. The van der Waals surface area contributed by atoms with Gasteiger partial charge in [-0.2, -0.15) is 4.99 Å². The summed E-state index contributed by atoms with van der Waals surface area (Å²) in [5, 5.41) is 9.87. The van der Waals surface area contributed by atoms with Crippen LogP contribution < -0.4 is 4.74 Å². The molecule has 0 unspecified atom stereocenters. The number of rotatable bonds is 3. The van der Waals surface area contributed by atoms with E-state index in [4.69, 9.17) is 4.74 Å². The van der Waals surface area contributed by atoms with Crippen LogP contribution in [0, 0.1) is 6.92 Å². The number of aryl methyl sites for hydroxylation is 1. The minimum absolute atomic E-state index is 0.162. The maximum Gasteiger partial charge on any atom is 0.235 e. The first-order valence-electron chi connectivity index (χ1n) is 5.10. The third-order valence-electron chi connectivity index (χ3n) is 3.00. The van der Waals surface area contributed by atoms with Crippen LogP contribution in [0.4, 0.5) is 0 Å². The third kappa shape index (κ3) is 1.57. The van der Waals surface area contributed by atoms with Crippen LogP contribution in [-0.4, -0.2) is 18.3 Å². The Morgan fingerprint density at radius 2 is 2.19 bits per heavy atom. The smallest absolute Gasteiger partial charge is 0.235 e. The number of nitrogens with zero attached hydrogens (tertiary/aromatic N) is 1. The molecule has 0 aromatic heterocycles. The molecule has 0 atom stereocenters. The molecule has 1 N–H and O–H groups in total. The Hall–Kier alpha value is -1.80. The zero-order valence-electron chi connectivity index (χ0n) is 9.28. The fourth-order valence-electron chi connectivity index (χ4n) is 1.91. The summed E-state index contributed by atoms with van der Waals surface area (Å²) >= 11 is 0. The molecule has 0 saturated heterocycles. The number of benzene rings is 1. The molecule has 4 heteroatoms.